The molecular weight excluding hydrogens is 404 g/mol. The highest BCUT2D eigenvalue weighted by Gasteiger charge is 2.10. The molecule has 0 atom stereocenters. The van der Waals surface area contributed by atoms with Gasteiger partial charge in [0.25, 0.3) is 0 Å². The third kappa shape index (κ3) is 5.58. The molecule has 0 aliphatic rings. The summed E-state index contributed by atoms with van der Waals surface area (Å²) in [7, 11) is 0. The number of anilines is 1. The van der Waals surface area contributed by atoms with E-state index in [1.165, 1.54) is 22.5 Å². The Kier molecular flexibility index (Phi) is 6.93. The van der Waals surface area contributed by atoms with Gasteiger partial charge in [-0.1, -0.05) is 29.3 Å². The minimum Gasteiger partial charge on any atom is -0.494 e. The van der Waals surface area contributed by atoms with Gasteiger partial charge in [-0.15, -0.1) is 11.3 Å². The molecule has 0 spiro atoms. The summed E-state index contributed by atoms with van der Waals surface area (Å²) in [6.45, 7) is 8.51. The molecule has 0 bridgehead atoms. The Balaban J connectivity index is 1.49. The number of nitrogens with zero attached hydrogens (tertiary/aromatic N) is 1. The molecule has 3 rings (SSSR count). The summed E-state index contributed by atoms with van der Waals surface area (Å²) >= 11 is 7.61. The van der Waals surface area contributed by atoms with E-state index in [0.717, 1.165) is 33.2 Å². The van der Waals surface area contributed by atoms with Crippen molar-refractivity contribution in [3.05, 3.63) is 63.0 Å². The number of aromatic nitrogens is 1. The van der Waals surface area contributed by atoms with Gasteiger partial charge in [0.1, 0.15) is 5.75 Å². The van der Waals surface area contributed by atoms with Crippen LogP contribution in [0.3, 0.4) is 0 Å². The van der Waals surface area contributed by atoms with Crippen molar-refractivity contribution in [2.75, 3.05) is 11.9 Å². The fourth-order valence-electron chi connectivity index (χ4n) is 3.06. The predicted molar refractivity (Wildman–Crippen MR) is 121 cm³/mol. The van der Waals surface area contributed by atoms with Crippen molar-refractivity contribution in [3.63, 3.8) is 0 Å². The first-order chi connectivity index (χ1) is 13.8. The van der Waals surface area contributed by atoms with Gasteiger partial charge >= 0.3 is 0 Å². The number of carbonyl (C=O) groups excluding carboxylic acids is 1. The summed E-state index contributed by atoms with van der Waals surface area (Å²) < 4.78 is 5.76. The van der Waals surface area contributed by atoms with Crippen LogP contribution in [-0.4, -0.2) is 17.5 Å². The van der Waals surface area contributed by atoms with Gasteiger partial charge in [-0.2, -0.15) is 0 Å². The smallest absolute Gasteiger partial charge is 0.226 e. The monoisotopic (exact) mass is 428 g/mol. The van der Waals surface area contributed by atoms with Crippen LogP contribution < -0.4 is 10.1 Å². The van der Waals surface area contributed by atoms with Gasteiger partial charge in [0.05, 0.1) is 12.3 Å². The van der Waals surface area contributed by atoms with Crippen LogP contribution in [0.25, 0.3) is 11.3 Å². The first-order valence-corrected chi connectivity index (χ1v) is 10.8. The van der Waals surface area contributed by atoms with Gasteiger partial charge in [0.2, 0.25) is 5.91 Å². The number of benzene rings is 2. The molecule has 0 saturated carbocycles. The van der Waals surface area contributed by atoms with Gasteiger partial charge in [0.15, 0.2) is 5.13 Å². The summed E-state index contributed by atoms with van der Waals surface area (Å²) in [6.07, 6.45) is 1.01. The standard InChI is InChI=1S/C23H25ClN2O2S/c1-14-7-8-15(2)19(10-14)20-13-29-23(25-20)26-21(27)6-5-9-28-18-11-16(3)22(24)17(4)12-18/h7-8,10-13H,5-6,9H2,1-4H3,(H,25,26,27). The highest BCUT2D eigenvalue weighted by Crippen LogP contribution is 2.28. The molecule has 0 saturated heterocycles. The number of thiazole rings is 1. The first kappa shape index (κ1) is 21.3. The van der Waals surface area contributed by atoms with Crippen LogP contribution >= 0.6 is 22.9 Å². The van der Waals surface area contributed by atoms with Crippen molar-refractivity contribution < 1.29 is 9.53 Å². The molecule has 0 radical (unpaired) electrons. The molecule has 2 aromatic carbocycles. The van der Waals surface area contributed by atoms with E-state index in [1.807, 2.05) is 31.4 Å². The Hall–Kier alpha value is -2.37. The van der Waals surface area contributed by atoms with Crippen molar-refractivity contribution in [1.29, 1.82) is 0 Å². The summed E-state index contributed by atoms with van der Waals surface area (Å²) in [5.41, 5.74) is 6.33. The zero-order valence-electron chi connectivity index (χ0n) is 17.1. The van der Waals surface area contributed by atoms with Crippen LogP contribution in [0.4, 0.5) is 5.13 Å². The van der Waals surface area contributed by atoms with Crippen LogP contribution in [-0.2, 0) is 4.79 Å². The Labute approximate surface area is 180 Å². The number of aryl methyl sites for hydroxylation is 4. The number of rotatable bonds is 7. The molecule has 0 unspecified atom stereocenters. The van der Waals surface area contributed by atoms with Crippen LogP contribution in [0.1, 0.15) is 35.1 Å². The van der Waals surface area contributed by atoms with Gasteiger partial charge in [-0.25, -0.2) is 4.98 Å². The Morgan fingerprint density at radius 1 is 1.10 bits per heavy atom. The molecule has 0 aliphatic carbocycles. The fourth-order valence-corrected chi connectivity index (χ4v) is 3.90. The molecule has 29 heavy (non-hydrogen) atoms. The van der Waals surface area contributed by atoms with Crippen molar-refractivity contribution in [1.82, 2.24) is 4.98 Å². The number of nitrogens with one attached hydrogen (secondary N) is 1. The Morgan fingerprint density at radius 2 is 1.83 bits per heavy atom. The molecule has 3 aromatic rings. The number of carbonyl (C=O) groups is 1. The Bertz CT molecular complexity index is 1010. The average molecular weight is 429 g/mol. The van der Waals surface area contributed by atoms with E-state index < -0.39 is 0 Å². The predicted octanol–water partition coefficient (Wildman–Crippen LogP) is 6.49. The quantitative estimate of drug-likeness (QED) is 0.437. The summed E-state index contributed by atoms with van der Waals surface area (Å²) in [5.74, 6) is 0.724. The molecule has 1 heterocycles. The molecule has 6 heteroatoms. The number of halogens is 1. The number of ether oxygens (including phenoxy) is 1. The van der Waals surface area contributed by atoms with Crippen LogP contribution in [0.15, 0.2) is 35.7 Å². The molecule has 4 nitrogen and oxygen atoms in total. The van der Waals surface area contributed by atoms with E-state index in [9.17, 15) is 4.79 Å². The maximum Gasteiger partial charge on any atom is 0.226 e. The second kappa shape index (κ2) is 9.42. The fraction of sp³-hybridized carbons (Fsp3) is 0.304. The van der Waals surface area contributed by atoms with Crippen molar-refractivity contribution >= 4 is 34.0 Å². The van der Waals surface area contributed by atoms with E-state index in [2.05, 4.69) is 42.3 Å². The lowest BCUT2D eigenvalue weighted by atomic mass is 10.0. The van der Waals surface area contributed by atoms with Crippen LogP contribution in [0, 0.1) is 27.7 Å². The molecule has 1 aromatic heterocycles. The maximum absolute atomic E-state index is 12.2. The third-order valence-electron chi connectivity index (χ3n) is 4.65. The van der Waals surface area contributed by atoms with Gasteiger partial charge < -0.3 is 10.1 Å². The number of hydrogen-bond acceptors (Lipinski definition) is 4. The van der Waals surface area contributed by atoms with Crippen molar-refractivity contribution in [2.24, 2.45) is 0 Å². The molecular formula is C23H25ClN2O2S. The molecule has 1 amide bonds. The van der Waals surface area contributed by atoms with E-state index in [-0.39, 0.29) is 5.91 Å². The van der Waals surface area contributed by atoms with Crippen molar-refractivity contribution in [2.45, 2.75) is 40.5 Å². The zero-order valence-corrected chi connectivity index (χ0v) is 18.7. The largest absolute Gasteiger partial charge is 0.494 e. The van der Waals surface area contributed by atoms with Gasteiger partial charge in [-0.3, -0.25) is 4.79 Å². The van der Waals surface area contributed by atoms with E-state index in [1.54, 1.807) is 0 Å². The highest BCUT2D eigenvalue weighted by molar-refractivity contribution is 7.14. The van der Waals surface area contributed by atoms with Gasteiger partial charge in [-0.05, 0) is 69.0 Å². The van der Waals surface area contributed by atoms with Crippen molar-refractivity contribution in [3.8, 4) is 17.0 Å². The van der Waals surface area contributed by atoms with Gasteiger partial charge in [0, 0.05) is 22.4 Å². The number of amides is 1. The van der Waals surface area contributed by atoms with E-state index >= 15 is 0 Å². The molecule has 0 aliphatic heterocycles. The second-order valence-corrected chi connectivity index (χ2v) is 8.46. The van der Waals surface area contributed by atoms with Crippen LogP contribution in [0.5, 0.6) is 5.75 Å². The van der Waals surface area contributed by atoms with E-state index in [4.69, 9.17) is 16.3 Å². The molecule has 152 valence electrons. The highest BCUT2D eigenvalue weighted by atomic mass is 35.5. The Morgan fingerprint density at radius 3 is 2.55 bits per heavy atom. The number of hydrogen-bond donors (Lipinski definition) is 1. The van der Waals surface area contributed by atoms with E-state index in [0.29, 0.717) is 24.6 Å². The molecule has 1 N–H and O–H groups in total. The summed E-state index contributed by atoms with van der Waals surface area (Å²) in [4.78, 5) is 16.8. The summed E-state index contributed by atoms with van der Waals surface area (Å²) in [5, 5.41) is 6.25. The van der Waals surface area contributed by atoms with Crippen LogP contribution in [0.2, 0.25) is 5.02 Å². The zero-order chi connectivity index (χ0) is 21.0. The third-order valence-corrected chi connectivity index (χ3v) is 6.00. The average Bonchev–Trinajstić information content (AvgIpc) is 3.13. The minimum atomic E-state index is -0.0565. The lowest BCUT2D eigenvalue weighted by Crippen LogP contribution is -2.12. The second-order valence-electron chi connectivity index (χ2n) is 7.23. The summed E-state index contributed by atoms with van der Waals surface area (Å²) in [6, 6.07) is 10.1. The topological polar surface area (TPSA) is 51.2 Å². The minimum absolute atomic E-state index is 0.0565. The first-order valence-electron chi connectivity index (χ1n) is 9.56. The SMILES string of the molecule is Cc1ccc(C)c(-c2csc(NC(=O)CCCOc3cc(C)c(Cl)c(C)c3)n2)c1. The lowest BCUT2D eigenvalue weighted by molar-refractivity contribution is -0.116. The maximum atomic E-state index is 12.2. The molecule has 0 fully saturated rings. The normalized spacial score (nSPS) is 10.8. The lowest BCUT2D eigenvalue weighted by Gasteiger charge is -2.10.